The van der Waals surface area contributed by atoms with Crippen molar-refractivity contribution in [1.29, 1.82) is 0 Å². The smallest absolute Gasteiger partial charge is 0.335 e. The molecule has 0 spiro atoms. The maximum absolute atomic E-state index is 13.0. The van der Waals surface area contributed by atoms with Gasteiger partial charge in [0.05, 0.1) is 22.7 Å². The first kappa shape index (κ1) is 15.9. The number of aromatic carboxylic acids is 1. The van der Waals surface area contributed by atoms with E-state index in [4.69, 9.17) is 16.3 Å². The third-order valence-corrected chi connectivity index (χ3v) is 5.42. The largest absolute Gasteiger partial charge is 0.489 e. The van der Waals surface area contributed by atoms with Crippen molar-refractivity contribution in [1.82, 2.24) is 0 Å². The molecule has 0 aliphatic carbocycles. The molecule has 2 aromatic carbocycles. The van der Waals surface area contributed by atoms with E-state index in [0.29, 0.717) is 11.3 Å². The van der Waals surface area contributed by atoms with Crippen molar-refractivity contribution in [2.75, 3.05) is 17.5 Å². The van der Waals surface area contributed by atoms with Crippen molar-refractivity contribution in [2.45, 2.75) is 4.90 Å². The van der Waals surface area contributed by atoms with Crippen LogP contribution in [0.2, 0.25) is 0 Å². The average Bonchev–Trinajstić information content (AvgIpc) is 2.60. The van der Waals surface area contributed by atoms with Crippen LogP contribution in [0.3, 0.4) is 0 Å². The Balaban J connectivity index is 2.12. The van der Waals surface area contributed by atoms with Crippen LogP contribution in [0.1, 0.15) is 15.9 Å². The molecule has 1 aliphatic rings. The molecule has 1 aliphatic heterocycles. The predicted molar refractivity (Wildman–Crippen MR) is 87.8 cm³/mol. The van der Waals surface area contributed by atoms with Crippen LogP contribution in [-0.4, -0.2) is 32.6 Å². The molecule has 0 fully saturated rings. The monoisotopic (exact) mass is 343 g/mol. The molecule has 0 saturated heterocycles. The van der Waals surface area contributed by atoms with Crippen LogP contribution in [0.15, 0.2) is 47.4 Å². The molecule has 0 aromatic heterocycles. The number of rotatable bonds is 3. The number of benzene rings is 2. The molecule has 0 atom stereocenters. The van der Waals surface area contributed by atoms with Gasteiger partial charge in [-0.15, -0.1) is 6.42 Å². The topological polar surface area (TPSA) is 83.9 Å². The lowest BCUT2D eigenvalue weighted by molar-refractivity contribution is 0.0697. The molecule has 0 unspecified atom stereocenters. The van der Waals surface area contributed by atoms with Gasteiger partial charge in [-0.05, 0) is 36.4 Å². The molecule has 0 radical (unpaired) electrons. The third kappa shape index (κ3) is 2.68. The Labute approximate surface area is 139 Å². The molecular weight excluding hydrogens is 330 g/mol. The lowest BCUT2D eigenvalue weighted by Crippen LogP contribution is -2.38. The fourth-order valence-corrected chi connectivity index (χ4v) is 3.95. The first-order valence-corrected chi connectivity index (χ1v) is 8.47. The van der Waals surface area contributed by atoms with Crippen molar-refractivity contribution >= 4 is 21.7 Å². The van der Waals surface area contributed by atoms with Gasteiger partial charge in [0, 0.05) is 5.56 Å². The first-order chi connectivity index (χ1) is 11.4. The van der Waals surface area contributed by atoms with Gasteiger partial charge in [-0.25, -0.2) is 13.2 Å². The highest BCUT2D eigenvalue weighted by Gasteiger charge is 2.31. The number of nitrogens with zero attached hydrogens (tertiary/aromatic N) is 1. The number of ether oxygens (including phenoxy) is 1. The number of carbonyl (C=O) groups is 1. The van der Waals surface area contributed by atoms with Gasteiger partial charge in [-0.3, -0.25) is 4.31 Å². The van der Waals surface area contributed by atoms with E-state index < -0.39 is 16.0 Å². The third-order valence-electron chi connectivity index (χ3n) is 3.62. The second-order valence-electron chi connectivity index (χ2n) is 5.09. The van der Waals surface area contributed by atoms with E-state index >= 15 is 0 Å². The predicted octanol–water partition coefficient (Wildman–Crippen LogP) is 1.95. The van der Waals surface area contributed by atoms with Gasteiger partial charge >= 0.3 is 5.97 Å². The van der Waals surface area contributed by atoms with Crippen molar-refractivity contribution in [3.63, 3.8) is 0 Å². The minimum absolute atomic E-state index is 0.0168. The van der Waals surface area contributed by atoms with Crippen molar-refractivity contribution in [2.24, 2.45) is 0 Å². The summed E-state index contributed by atoms with van der Waals surface area (Å²) in [7, 11) is -3.89. The molecule has 0 amide bonds. The first-order valence-electron chi connectivity index (χ1n) is 7.03. The van der Waals surface area contributed by atoms with Gasteiger partial charge in [-0.1, -0.05) is 12.0 Å². The standard InChI is InChI=1S/C17H13NO5S/c1-2-12-4-3-5-14(10-12)24(21,22)18-8-9-23-16-7-6-13(17(19)20)11-15(16)18/h1,3-7,10-11H,8-9H2,(H,19,20). The summed E-state index contributed by atoms with van der Waals surface area (Å²) in [6, 6.07) is 10.2. The lowest BCUT2D eigenvalue weighted by atomic mass is 10.1. The van der Waals surface area contributed by atoms with Crippen LogP contribution in [0, 0.1) is 12.3 Å². The molecular formula is C17H13NO5S. The normalized spacial score (nSPS) is 13.5. The van der Waals surface area contributed by atoms with Crippen LogP contribution >= 0.6 is 0 Å². The number of terminal acetylenes is 1. The zero-order valence-electron chi connectivity index (χ0n) is 12.5. The number of carboxylic acid groups (broad SMARTS) is 1. The van der Waals surface area contributed by atoms with Crippen LogP contribution < -0.4 is 9.04 Å². The van der Waals surface area contributed by atoms with Crippen molar-refractivity contribution in [3.05, 3.63) is 53.6 Å². The number of carboxylic acids is 1. The van der Waals surface area contributed by atoms with Gasteiger partial charge in [0.1, 0.15) is 12.4 Å². The van der Waals surface area contributed by atoms with E-state index in [0.717, 1.165) is 4.31 Å². The van der Waals surface area contributed by atoms with Crippen LogP contribution in [0.4, 0.5) is 5.69 Å². The van der Waals surface area contributed by atoms with Gasteiger partial charge < -0.3 is 9.84 Å². The fraction of sp³-hybridized carbons (Fsp3) is 0.118. The van der Waals surface area contributed by atoms with Crippen LogP contribution in [-0.2, 0) is 10.0 Å². The van der Waals surface area contributed by atoms with Crippen molar-refractivity contribution in [3.8, 4) is 18.1 Å². The molecule has 7 heteroatoms. The summed E-state index contributed by atoms with van der Waals surface area (Å²) in [4.78, 5) is 11.2. The van der Waals surface area contributed by atoms with Crippen LogP contribution in [0.25, 0.3) is 0 Å². The van der Waals surface area contributed by atoms with E-state index in [2.05, 4.69) is 5.92 Å². The van der Waals surface area contributed by atoms with E-state index in [-0.39, 0.29) is 29.3 Å². The van der Waals surface area contributed by atoms with Gasteiger partial charge in [-0.2, -0.15) is 0 Å². The minimum atomic E-state index is -3.89. The van der Waals surface area contributed by atoms with E-state index in [9.17, 15) is 13.2 Å². The highest BCUT2D eigenvalue weighted by atomic mass is 32.2. The maximum Gasteiger partial charge on any atom is 0.335 e. The van der Waals surface area contributed by atoms with Crippen molar-refractivity contribution < 1.29 is 23.1 Å². The highest BCUT2D eigenvalue weighted by Crippen LogP contribution is 2.36. The maximum atomic E-state index is 13.0. The summed E-state index contributed by atoms with van der Waals surface area (Å²) >= 11 is 0. The van der Waals surface area contributed by atoms with Crippen LogP contribution in [0.5, 0.6) is 5.75 Å². The molecule has 24 heavy (non-hydrogen) atoms. The molecule has 3 rings (SSSR count). The summed E-state index contributed by atoms with van der Waals surface area (Å²) in [6.45, 7) is 0.256. The molecule has 0 saturated carbocycles. The minimum Gasteiger partial charge on any atom is -0.489 e. The van der Waals surface area contributed by atoms with Gasteiger partial charge in [0.15, 0.2) is 0 Å². The molecule has 1 heterocycles. The Kier molecular flexibility index (Phi) is 3.91. The fourth-order valence-electron chi connectivity index (χ4n) is 2.45. The number of fused-ring (bicyclic) bond motifs is 1. The zero-order valence-corrected chi connectivity index (χ0v) is 13.3. The van der Waals surface area contributed by atoms with Gasteiger partial charge in [0.25, 0.3) is 10.0 Å². The SMILES string of the molecule is C#Cc1cccc(S(=O)(=O)N2CCOc3ccc(C(=O)O)cc32)c1. The number of anilines is 1. The Morgan fingerprint density at radius 1 is 1.25 bits per heavy atom. The summed E-state index contributed by atoms with van der Waals surface area (Å²) in [5.41, 5.74) is 0.632. The Morgan fingerprint density at radius 2 is 2.04 bits per heavy atom. The van der Waals surface area contributed by atoms with E-state index in [1.807, 2.05) is 0 Å². The Bertz CT molecular complexity index is 959. The molecule has 122 valence electrons. The van der Waals surface area contributed by atoms with E-state index in [1.54, 1.807) is 12.1 Å². The molecule has 0 bridgehead atoms. The van der Waals surface area contributed by atoms with E-state index in [1.165, 1.54) is 30.3 Å². The Hall–Kier alpha value is -2.98. The number of sulfonamides is 1. The number of hydrogen-bond acceptors (Lipinski definition) is 4. The Morgan fingerprint density at radius 3 is 2.75 bits per heavy atom. The summed E-state index contributed by atoms with van der Waals surface area (Å²) in [6.07, 6.45) is 5.33. The average molecular weight is 343 g/mol. The summed E-state index contributed by atoms with van der Waals surface area (Å²) < 4.78 is 32.5. The second-order valence-corrected chi connectivity index (χ2v) is 6.95. The second kappa shape index (κ2) is 5.91. The lowest BCUT2D eigenvalue weighted by Gasteiger charge is -2.30. The highest BCUT2D eigenvalue weighted by molar-refractivity contribution is 7.92. The molecule has 1 N–H and O–H groups in total. The summed E-state index contributed by atoms with van der Waals surface area (Å²) in [5, 5.41) is 9.13. The van der Waals surface area contributed by atoms with Gasteiger partial charge in [0.2, 0.25) is 0 Å². The molecule has 6 nitrogen and oxygen atoms in total. The molecule has 2 aromatic rings. The summed E-state index contributed by atoms with van der Waals surface area (Å²) in [5.74, 6) is 1.58. The quantitative estimate of drug-likeness (QED) is 0.861. The number of hydrogen-bond donors (Lipinski definition) is 1. The zero-order chi connectivity index (χ0) is 17.3.